The molecule has 4 rings (SSSR count). The summed E-state index contributed by atoms with van der Waals surface area (Å²) in [6, 6.07) is 17.3. The maximum absolute atomic E-state index is 14.4. The van der Waals surface area contributed by atoms with Gasteiger partial charge in [0, 0.05) is 4.88 Å². The smallest absolute Gasteiger partial charge is 0.280 e. The second kappa shape index (κ2) is 7.01. The lowest BCUT2D eigenvalue weighted by molar-refractivity contribution is 0.627. The van der Waals surface area contributed by atoms with Crippen molar-refractivity contribution in [1.82, 2.24) is 9.66 Å². The van der Waals surface area contributed by atoms with Crippen molar-refractivity contribution in [3.05, 3.63) is 85.5 Å². The average molecular weight is 430 g/mol. The molecular formula is C19H13BrFN3OS. The number of nitrogens with one attached hydrogen (secondary N) is 1. The highest BCUT2D eigenvalue weighted by Crippen LogP contribution is 2.23. The van der Waals surface area contributed by atoms with Crippen molar-refractivity contribution in [1.29, 1.82) is 0 Å². The van der Waals surface area contributed by atoms with Gasteiger partial charge in [0.15, 0.2) is 5.82 Å². The lowest BCUT2D eigenvalue weighted by Crippen LogP contribution is -2.31. The number of aromatic nitrogens is 2. The van der Waals surface area contributed by atoms with Crippen LogP contribution < -0.4 is 11.0 Å². The molecule has 4 nitrogen and oxygen atoms in total. The van der Waals surface area contributed by atoms with Crippen LogP contribution in [0.25, 0.3) is 22.3 Å². The molecule has 0 saturated carbocycles. The zero-order valence-electron chi connectivity index (χ0n) is 13.4. The van der Waals surface area contributed by atoms with Crippen LogP contribution in [0.2, 0.25) is 0 Å². The van der Waals surface area contributed by atoms with Gasteiger partial charge in [0.1, 0.15) is 5.82 Å². The summed E-state index contributed by atoms with van der Waals surface area (Å²) in [5.41, 5.74) is 3.64. The second-order valence-corrected chi connectivity index (χ2v) is 8.16. The Kier molecular flexibility index (Phi) is 4.57. The quantitative estimate of drug-likeness (QED) is 0.508. The molecule has 1 N–H and O–H groups in total. The number of fused-ring (bicyclic) bond motifs is 1. The first kappa shape index (κ1) is 16.9. The van der Waals surface area contributed by atoms with Crippen LogP contribution in [0, 0.1) is 5.82 Å². The topological polar surface area (TPSA) is 46.9 Å². The number of benzene rings is 2. The van der Waals surface area contributed by atoms with Gasteiger partial charge in [0.2, 0.25) is 0 Å². The lowest BCUT2D eigenvalue weighted by Gasteiger charge is -2.15. The molecule has 2 heterocycles. The zero-order chi connectivity index (χ0) is 18.1. The Hall–Kier alpha value is -2.51. The fourth-order valence-electron chi connectivity index (χ4n) is 2.71. The standard InChI is InChI=1S/C19H13BrFN3OS/c20-17-10-9-12(26-17)11-22-24-18(13-5-1-3-7-15(13)21)23-16-8-4-2-6-14(16)19(24)25/h1-10,22H,11H2. The van der Waals surface area contributed by atoms with Crippen LogP contribution in [-0.2, 0) is 6.54 Å². The Morgan fingerprint density at radius 1 is 1.08 bits per heavy atom. The van der Waals surface area contributed by atoms with E-state index in [-0.39, 0.29) is 16.9 Å². The van der Waals surface area contributed by atoms with E-state index >= 15 is 0 Å². The molecule has 0 unspecified atom stereocenters. The fraction of sp³-hybridized carbons (Fsp3) is 0.0526. The Morgan fingerprint density at radius 3 is 2.62 bits per heavy atom. The van der Waals surface area contributed by atoms with Crippen LogP contribution in [-0.4, -0.2) is 9.66 Å². The lowest BCUT2D eigenvalue weighted by atomic mass is 10.2. The first-order valence-electron chi connectivity index (χ1n) is 7.88. The predicted molar refractivity (Wildman–Crippen MR) is 106 cm³/mol. The number of halogens is 2. The van der Waals surface area contributed by atoms with Gasteiger partial charge in [-0.2, -0.15) is 0 Å². The van der Waals surface area contributed by atoms with Gasteiger partial charge < -0.3 is 5.43 Å². The molecule has 0 radical (unpaired) electrons. The Bertz CT molecular complexity index is 1150. The molecule has 26 heavy (non-hydrogen) atoms. The van der Waals surface area contributed by atoms with E-state index in [9.17, 15) is 9.18 Å². The van der Waals surface area contributed by atoms with E-state index in [2.05, 4.69) is 26.3 Å². The minimum absolute atomic E-state index is 0.252. The third kappa shape index (κ3) is 3.15. The van der Waals surface area contributed by atoms with Crippen LogP contribution >= 0.6 is 27.3 Å². The van der Waals surface area contributed by atoms with Gasteiger partial charge >= 0.3 is 0 Å². The third-order valence-corrected chi connectivity index (χ3v) is 5.55. The van der Waals surface area contributed by atoms with E-state index < -0.39 is 5.82 Å². The van der Waals surface area contributed by atoms with E-state index in [4.69, 9.17) is 0 Å². The average Bonchev–Trinajstić information content (AvgIpc) is 3.07. The number of nitrogens with zero attached hydrogens (tertiary/aromatic N) is 2. The number of hydrogen-bond acceptors (Lipinski definition) is 4. The van der Waals surface area contributed by atoms with Crippen LogP contribution in [0.1, 0.15) is 4.88 Å². The molecule has 2 aromatic carbocycles. The van der Waals surface area contributed by atoms with E-state index in [1.165, 1.54) is 10.7 Å². The van der Waals surface area contributed by atoms with Crippen molar-refractivity contribution < 1.29 is 4.39 Å². The molecule has 0 amide bonds. The SMILES string of the molecule is O=c1c2ccccc2nc(-c2ccccc2F)n1NCc1ccc(Br)s1. The maximum atomic E-state index is 14.4. The number of para-hydroxylation sites is 1. The van der Waals surface area contributed by atoms with E-state index in [0.717, 1.165) is 8.66 Å². The molecule has 0 bridgehead atoms. The van der Waals surface area contributed by atoms with Crippen molar-refractivity contribution in [2.45, 2.75) is 6.54 Å². The molecular weight excluding hydrogens is 417 g/mol. The minimum Gasteiger partial charge on any atom is -0.316 e. The first-order valence-corrected chi connectivity index (χ1v) is 9.49. The molecule has 0 aliphatic heterocycles. The van der Waals surface area contributed by atoms with Crippen LogP contribution in [0.4, 0.5) is 4.39 Å². The minimum atomic E-state index is -0.427. The molecule has 0 aliphatic carbocycles. The molecule has 2 aromatic heterocycles. The largest absolute Gasteiger partial charge is 0.316 e. The summed E-state index contributed by atoms with van der Waals surface area (Å²) < 4.78 is 16.7. The number of rotatable bonds is 4. The van der Waals surface area contributed by atoms with Gasteiger partial charge in [-0.05, 0) is 52.3 Å². The summed E-state index contributed by atoms with van der Waals surface area (Å²) in [5.74, 6) is -0.175. The Morgan fingerprint density at radius 2 is 1.85 bits per heavy atom. The highest BCUT2D eigenvalue weighted by atomic mass is 79.9. The Balaban J connectivity index is 1.88. The third-order valence-electron chi connectivity index (χ3n) is 3.93. The Labute approximate surface area is 161 Å². The molecule has 0 saturated heterocycles. The first-order chi connectivity index (χ1) is 12.6. The highest BCUT2D eigenvalue weighted by Gasteiger charge is 2.15. The normalized spacial score (nSPS) is 11.0. The van der Waals surface area contributed by atoms with Crippen LogP contribution in [0.3, 0.4) is 0 Å². The predicted octanol–water partition coefficient (Wildman–Crippen LogP) is 4.77. The number of hydrogen-bond donors (Lipinski definition) is 1. The summed E-state index contributed by atoms with van der Waals surface area (Å²) in [5, 5.41) is 0.479. The second-order valence-electron chi connectivity index (χ2n) is 5.61. The van der Waals surface area contributed by atoms with Crippen molar-refractivity contribution in [2.24, 2.45) is 0 Å². The number of thiophene rings is 1. The van der Waals surface area contributed by atoms with Crippen molar-refractivity contribution in [3.63, 3.8) is 0 Å². The maximum Gasteiger partial charge on any atom is 0.280 e. The van der Waals surface area contributed by atoms with E-state index in [1.54, 1.807) is 53.8 Å². The zero-order valence-corrected chi connectivity index (χ0v) is 15.8. The molecule has 4 aromatic rings. The summed E-state index contributed by atoms with van der Waals surface area (Å²) >= 11 is 4.99. The van der Waals surface area contributed by atoms with Gasteiger partial charge in [-0.1, -0.05) is 24.3 Å². The van der Waals surface area contributed by atoms with Gasteiger partial charge in [0.25, 0.3) is 5.56 Å². The van der Waals surface area contributed by atoms with Gasteiger partial charge in [0.05, 0.1) is 26.8 Å². The van der Waals surface area contributed by atoms with Crippen molar-refractivity contribution in [2.75, 3.05) is 5.43 Å². The van der Waals surface area contributed by atoms with Crippen molar-refractivity contribution >= 4 is 38.2 Å². The molecule has 0 aliphatic rings. The summed E-state index contributed by atoms with van der Waals surface area (Å²) in [7, 11) is 0. The molecule has 0 spiro atoms. The van der Waals surface area contributed by atoms with Gasteiger partial charge in [-0.25, -0.2) is 14.1 Å². The van der Waals surface area contributed by atoms with Crippen LogP contribution in [0.15, 0.2) is 69.2 Å². The highest BCUT2D eigenvalue weighted by molar-refractivity contribution is 9.11. The summed E-state index contributed by atoms with van der Waals surface area (Å²) in [4.78, 5) is 18.6. The fourth-order valence-corrected chi connectivity index (χ4v) is 4.12. The van der Waals surface area contributed by atoms with E-state index in [0.29, 0.717) is 17.4 Å². The molecule has 0 fully saturated rings. The van der Waals surface area contributed by atoms with Crippen molar-refractivity contribution in [3.8, 4) is 11.4 Å². The molecule has 130 valence electrons. The van der Waals surface area contributed by atoms with Gasteiger partial charge in [-0.3, -0.25) is 4.79 Å². The summed E-state index contributed by atoms with van der Waals surface area (Å²) in [6.45, 7) is 0.428. The summed E-state index contributed by atoms with van der Waals surface area (Å²) in [6.07, 6.45) is 0. The van der Waals surface area contributed by atoms with Gasteiger partial charge in [-0.15, -0.1) is 11.3 Å². The molecule has 7 heteroatoms. The molecule has 0 atom stereocenters. The monoisotopic (exact) mass is 429 g/mol. The van der Waals surface area contributed by atoms with Crippen LogP contribution in [0.5, 0.6) is 0 Å². The van der Waals surface area contributed by atoms with E-state index in [1.807, 2.05) is 12.1 Å².